The lowest BCUT2D eigenvalue weighted by Crippen LogP contribution is -2.34. The summed E-state index contributed by atoms with van der Waals surface area (Å²) >= 11 is 0. The van der Waals surface area contributed by atoms with Crippen molar-refractivity contribution in [1.29, 1.82) is 0 Å². The summed E-state index contributed by atoms with van der Waals surface area (Å²) in [7, 11) is 0. The minimum atomic E-state index is -0.610. The number of carbonyl (C=O) groups excluding carboxylic acids is 2. The van der Waals surface area contributed by atoms with Gasteiger partial charge in [-0.15, -0.1) is 0 Å². The van der Waals surface area contributed by atoms with E-state index in [0.717, 1.165) is 62.5 Å². The maximum absolute atomic E-state index is 12.0. The Bertz CT molecular complexity index is 744. The predicted octanol–water partition coefficient (Wildman–Crippen LogP) is 4.97. The van der Waals surface area contributed by atoms with E-state index in [9.17, 15) is 9.59 Å². The number of benzene rings is 2. The van der Waals surface area contributed by atoms with Crippen LogP contribution in [0.25, 0.3) is 0 Å². The molecule has 0 aromatic heterocycles. The summed E-state index contributed by atoms with van der Waals surface area (Å²) in [5.74, 6) is -0.656. The molecule has 0 bridgehead atoms. The molecular weight excluding hydrogens is 440 g/mol. The Morgan fingerprint density at radius 2 is 0.886 bits per heavy atom. The molecule has 6 nitrogen and oxygen atoms in total. The van der Waals surface area contributed by atoms with E-state index in [-0.39, 0.29) is 19.4 Å². The van der Waals surface area contributed by atoms with Gasteiger partial charge in [-0.3, -0.25) is 9.59 Å². The molecule has 0 spiro atoms. The van der Waals surface area contributed by atoms with E-state index in [0.29, 0.717) is 26.1 Å². The van der Waals surface area contributed by atoms with Crippen molar-refractivity contribution < 1.29 is 19.1 Å². The van der Waals surface area contributed by atoms with Gasteiger partial charge in [0.2, 0.25) is 0 Å². The molecule has 2 atom stereocenters. The first-order chi connectivity index (χ1) is 16.6. The lowest BCUT2D eigenvalue weighted by molar-refractivity contribution is -0.146. The van der Waals surface area contributed by atoms with Crippen LogP contribution >= 0.6 is 0 Å². The van der Waals surface area contributed by atoms with Gasteiger partial charge < -0.3 is 20.9 Å². The molecule has 0 fully saturated rings. The van der Waals surface area contributed by atoms with Crippen molar-refractivity contribution in [2.24, 2.45) is 11.5 Å². The molecule has 0 radical (unpaired) electrons. The molecule has 4 N–H and O–H groups in total. The second-order valence-electron chi connectivity index (χ2n) is 8.76. The molecule has 194 valence electrons. The first-order valence-corrected chi connectivity index (χ1v) is 12.5. The Morgan fingerprint density at radius 3 is 1.23 bits per heavy atom. The van der Waals surface area contributed by atoms with Crippen molar-refractivity contribution >= 4 is 11.9 Å². The number of carbonyl (C=O) groups is 2. The van der Waals surface area contributed by atoms with Gasteiger partial charge in [0.25, 0.3) is 0 Å². The van der Waals surface area contributed by atoms with Crippen molar-refractivity contribution in [1.82, 2.24) is 0 Å². The number of unbranched alkanes of at least 4 members (excludes halogenated alkanes) is 7. The monoisotopic (exact) mass is 484 g/mol. The van der Waals surface area contributed by atoms with Crippen molar-refractivity contribution in [2.75, 3.05) is 13.2 Å². The number of ether oxygens (including phenoxy) is 2. The Morgan fingerprint density at radius 1 is 0.571 bits per heavy atom. The highest BCUT2D eigenvalue weighted by atomic mass is 16.5. The lowest BCUT2D eigenvalue weighted by atomic mass is 10.1. The molecular formula is C29H44N2O4. The third-order valence-corrected chi connectivity index (χ3v) is 5.73. The number of nitrogens with two attached hydrogens (primary N) is 2. The molecule has 0 aliphatic rings. The van der Waals surface area contributed by atoms with E-state index < -0.39 is 12.1 Å². The summed E-state index contributed by atoms with van der Waals surface area (Å²) in [5, 5.41) is 0. The summed E-state index contributed by atoms with van der Waals surface area (Å²) in [4.78, 5) is 24.0. The zero-order chi connectivity index (χ0) is 24.4. The van der Waals surface area contributed by atoms with E-state index in [1.807, 2.05) is 60.7 Å². The van der Waals surface area contributed by atoms with Crippen molar-refractivity contribution in [3.8, 4) is 0 Å². The third-order valence-electron chi connectivity index (χ3n) is 5.73. The Kier molecular flexibility index (Phi) is 16.1. The molecule has 0 amide bonds. The Balaban J connectivity index is 0.00000612. The van der Waals surface area contributed by atoms with Crippen LogP contribution < -0.4 is 11.5 Å². The van der Waals surface area contributed by atoms with Gasteiger partial charge >= 0.3 is 11.9 Å². The number of rotatable bonds is 17. The normalized spacial score (nSPS) is 12.3. The maximum atomic E-state index is 12.0. The highest BCUT2D eigenvalue weighted by Crippen LogP contribution is 2.10. The highest BCUT2D eigenvalue weighted by molar-refractivity contribution is 5.76. The molecule has 2 rings (SSSR count). The number of hydrogen-bond acceptors (Lipinski definition) is 6. The summed E-state index contributed by atoms with van der Waals surface area (Å²) in [6, 6.07) is 18.2. The summed E-state index contributed by atoms with van der Waals surface area (Å²) in [5.41, 5.74) is 13.9. The predicted molar refractivity (Wildman–Crippen MR) is 142 cm³/mol. The second-order valence-corrected chi connectivity index (χ2v) is 8.76. The zero-order valence-corrected chi connectivity index (χ0v) is 20.2. The zero-order valence-electron chi connectivity index (χ0n) is 20.2. The van der Waals surface area contributed by atoms with Gasteiger partial charge in [0, 0.05) is 0 Å². The van der Waals surface area contributed by atoms with Crippen LogP contribution in [-0.4, -0.2) is 37.2 Å². The van der Waals surface area contributed by atoms with Crippen LogP contribution in [-0.2, 0) is 31.9 Å². The van der Waals surface area contributed by atoms with E-state index in [4.69, 9.17) is 20.9 Å². The average Bonchev–Trinajstić information content (AvgIpc) is 2.85. The molecule has 35 heavy (non-hydrogen) atoms. The van der Waals surface area contributed by atoms with E-state index in [2.05, 4.69) is 0 Å². The van der Waals surface area contributed by atoms with Crippen molar-refractivity contribution in [3.05, 3.63) is 71.8 Å². The molecule has 2 aromatic rings. The maximum Gasteiger partial charge on any atom is 0.323 e. The SMILES string of the molecule is C.NC(Cc1ccccc1)C(=O)OCCCCCCCCCCOC(=O)C(N)Cc1ccccc1. The van der Waals surface area contributed by atoms with Crippen LogP contribution in [0.5, 0.6) is 0 Å². The topological polar surface area (TPSA) is 105 Å². The van der Waals surface area contributed by atoms with Crippen molar-refractivity contribution in [3.63, 3.8) is 0 Å². The van der Waals surface area contributed by atoms with Crippen LogP contribution in [0.15, 0.2) is 60.7 Å². The fraction of sp³-hybridized carbons (Fsp3) is 0.517. The molecule has 2 unspecified atom stereocenters. The van der Waals surface area contributed by atoms with Gasteiger partial charge in [-0.25, -0.2) is 0 Å². The van der Waals surface area contributed by atoms with E-state index >= 15 is 0 Å². The van der Waals surface area contributed by atoms with Gasteiger partial charge in [0.05, 0.1) is 13.2 Å². The number of esters is 2. The largest absolute Gasteiger partial charge is 0.465 e. The van der Waals surface area contributed by atoms with Gasteiger partial charge in [0.15, 0.2) is 0 Å². The molecule has 0 aliphatic heterocycles. The van der Waals surface area contributed by atoms with Crippen LogP contribution in [0.3, 0.4) is 0 Å². The minimum Gasteiger partial charge on any atom is -0.465 e. The molecule has 0 saturated heterocycles. The van der Waals surface area contributed by atoms with Gasteiger partial charge in [-0.1, -0.05) is 107 Å². The summed E-state index contributed by atoms with van der Waals surface area (Å²) < 4.78 is 10.6. The van der Waals surface area contributed by atoms with E-state index in [1.165, 1.54) is 0 Å². The molecule has 6 heteroatoms. The van der Waals surface area contributed by atoms with Crippen LogP contribution in [0.4, 0.5) is 0 Å². The minimum absolute atomic E-state index is 0. The highest BCUT2D eigenvalue weighted by Gasteiger charge is 2.16. The van der Waals surface area contributed by atoms with Gasteiger partial charge in [-0.05, 0) is 36.8 Å². The average molecular weight is 485 g/mol. The fourth-order valence-corrected chi connectivity index (χ4v) is 3.73. The molecule has 0 heterocycles. The van der Waals surface area contributed by atoms with Crippen LogP contribution in [0.1, 0.15) is 69.9 Å². The van der Waals surface area contributed by atoms with Gasteiger partial charge in [-0.2, -0.15) is 0 Å². The van der Waals surface area contributed by atoms with Crippen LogP contribution in [0.2, 0.25) is 0 Å². The molecule has 2 aromatic carbocycles. The quantitative estimate of drug-likeness (QED) is 0.243. The Hall–Kier alpha value is -2.70. The van der Waals surface area contributed by atoms with Crippen LogP contribution in [0, 0.1) is 0 Å². The molecule has 0 aliphatic carbocycles. The second kappa shape index (κ2) is 18.6. The van der Waals surface area contributed by atoms with Gasteiger partial charge in [0.1, 0.15) is 12.1 Å². The summed E-state index contributed by atoms with van der Waals surface area (Å²) in [6.07, 6.45) is 9.36. The summed E-state index contributed by atoms with van der Waals surface area (Å²) in [6.45, 7) is 0.859. The standard InChI is InChI=1S/C28H40N2O4.CH4/c29-25(21-23-15-9-7-10-16-23)27(31)33-19-13-5-3-1-2-4-6-14-20-34-28(32)26(30)22-24-17-11-8-12-18-24;/h7-12,15-18,25-26H,1-6,13-14,19-22,29-30H2;1H4. The molecule has 0 saturated carbocycles. The van der Waals surface area contributed by atoms with E-state index in [1.54, 1.807) is 0 Å². The third kappa shape index (κ3) is 13.7. The lowest BCUT2D eigenvalue weighted by Gasteiger charge is -2.12. The first-order valence-electron chi connectivity index (χ1n) is 12.5. The smallest absolute Gasteiger partial charge is 0.323 e. The number of hydrogen-bond donors (Lipinski definition) is 2. The Labute approximate surface area is 211 Å². The first kappa shape index (κ1) is 30.3. The fourth-order valence-electron chi connectivity index (χ4n) is 3.73. The van der Waals surface area contributed by atoms with Crippen molar-refractivity contribution in [2.45, 2.75) is 83.7 Å².